The Bertz CT molecular complexity index is 1460. The normalized spacial score (nSPS) is 14.3. The van der Waals surface area contributed by atoms with Crippen molar-refractivity contribution in [3.8, 4) is 11.5 Å². The van der Waals surface area contributed by atoms with Crippen LogP contribution in [0.1, 0.15) is 43.5 Å². The van der Waals surface area contributed by atoms with Crippen LogP contribution in [-0.4, -0.2) is 49.0 Å². The zero-order valence-corrected chi connectivity index (χ0v) is 24.2. The zero-order chi connectivity index (χ0) is 30.7. The third-order valence-electron chi connectivity index (χ3n) is 6.58. The van der Waals surface area contributed by atoms with Gasteiger partial charge in [-0.1, -0.05) is 35.0 Å². The summed E-state index contributed by atoms with van der Waals surface area (Å²) in [5, 5.41) is 17.4. The minimum absolute atomic E-state index is 0.233. The molecular formula is C30H31ClF3N3O5. The van der Waals surface area contributed by atoms with Crippen molar-refractivity contribution in [3.63, 3.8) is 0 Å². The van der Waals surface area contributed by atoms with Crippen molar-refractivity contribution in [2.75, 3.05) is 30.5 Å². The number of aliphatic hydroxyl groups excluding tert-OH is 1. The first-order valence-corrected chi connectivity index (χ1v) is 13.4. The Morgan fingerprint density at radius 2 is 1.81 bits per heavy atom. The zero-order valence-electron chi connectivity index (χ0n) is 23.5. The Morgan fingerprint density at radius 1 is 1.10 bits per heavy atom. The highest BCUT2D eigenvalue weighted by Gasteiger charge is 2.34. The van der Waals surface area contributed by atoms with Gasteiger partial charge in [-0.3, -0.25) is 4.79 Å². The summed E-state index contributed by atoms with van der Waals surface area (Å²) in [5.41, 5.74) is 2.43. The van der Waals surface area contributed by atoms with Gasteiger partial charge in [0.1, 0.15) is 17.5 Å². The molecule has 1 amide bonds. The molecule has 4 rings (SSSR count). The molecular weight excluding hydrogens is 575 g/mol. The van der Waals surface area contributed by atoms with Gasteiger partial charge in [-0.2, -0.15) is 0 Å². The lowest BCUT2D eigenvalue weighted by molar-refractivity contribution is -0.274. The summed E-state index contributed by atoms with van der Waals surface area (Å²) >= 11 is 6.11. The highest BCUT2D eigenvalue weighted by molar-refractivity contribution is 6.30. The van der Waals surface area contributed by atoms with Gasteiger partial charge in [0.2, 0.25) is 0 Å². The Kier molecular flexibility index (Phi) is 9.22. The Balaban J connectivity index is 1.70. The first-order valence-electron chi connectivity index (χ1n) is 13.0. The van der Waals surface area contributed by atoms with Crippen molar-refractivity contribution < 1.29 is 37.4 Å². The van der Waals surface area contributed by atoms with Crippen LogP contribution >= 0.6 is 11.6 Å². The number of hydrogen-bond donors (Lipinski definition) is 2. The van der Waals surface area contributed by atoms with Crippen LogP contribution in [0, 0.1) is 0 Å². The number of carbonyl (C=O) groups is 1. The van der Waals surface area contributed by atoms with Crippen molar-refractivity contribution >= 4 is 34.6 Å². The van der Waals surface area contributed by atoms with E-state index in [1.54, 1.807) is 63.2 Å². The van der Waals surface area contributed by atoms with Crippen LogP contribution < -0.4 is 19.7 Å². The van der Waals surface area contributed by atoms with Gasteiger partial charge in [-0.05, 0) is 68.7 Å². The fraction of sp³-hybridized carbons (Fsp3) is 0.333. The van der Waals surface area contributed by atoms with E-state index in [1.807, 2.05) is 0 Å². The highest BCUT2D eigenvalue weighted by Crippen LogP contribution is 2.36. The molecule has 0 spiro atoms. The number of benzene rings is 3. The summed E-state index contributed by atoms with van der Waals surface area (Å²) in [7, 11) is 1.50. The molecule has 1 aliphatic rings. The number of nitrogens with zero attached hydrogens (tertiary/aromatic N) is 2. The average molecular weight is 606 g/mol. The number of oxime groups is 1. The highest BCUT2D eigenvalue weighted by atomic mass is 35.5. The van der Waals surface area contributed by atoms with Crippen LogP contribution in [-0.2, 0) is 16.1 Å². The number of fused-ring (bicyclic) bond motifs is 1. The molecule has 1 aliphatic heterocycles. The van der Waals surface area contributed by atoms with Gasteiger partial charge in [0.25, 0.3) is 5.91 Å². The van der Waals surface area contributed by atoms with Crippen molar-refractivity contribution in [2.24, 2.45) is 5.16 Å². The van der Waals surface area contributed by atoms with Crippen molar-refractivity contribution in [3.05, 3.63) is 82.4 Å². The van der Waals surface area contributed by atoms with Crippen molar-refractivity contribution in [2.45, 2.75) is 45.2 Å². The first kappa shape index (κ1) is 31.0. The summed E-state index contributed by atoms with van der Waals surface area (Å²) in [6.45, 7) is 5.17. The van der Waals surface area contributed by atoms with Crippen LogP contribution in [0.15, 0.2) is 65.8 Å². The summed E-state index contributed by atoms with van der Waals surface area (Å²) in [6, 6.07) is 15.0. The number of methoxy groups -OCH3 is 1. The molecule has 0 bridgehead atoms. The van der Waals surface area contributed by atoms with E-state index < -0.39 is 23.8 Å². The van der Waals surface area contributed by atoms with Crippen LogP contribution in [0.5, 0.6) is 11.5 Å². The number of halogens is 4. The van der Waals surface area contributed by atoms with Gasteiger partial charge in [0.15, 0.2) is 5.60 Å². The molecule has 3 aromatic rings. The Hall–Kier alpha value is -3.96. The molecule has 12 heteroatoms. The van der Waals surface area contributed by atoms with E-state index in [9.17, 15) is 23.1 Å². The number of carbonyl (C=O) groups excluding carboxylic acids is 1. The minimum Gasteiger partial charge on any atom is -0.497 e. The van der Waals surface area contributed by atoms with Gasteiger partial charge < -0.3 is 29.6 Å². The standard InChI is InChI=1S/C30H31ClF3N3O5/c1-18(36-42-29(2,3)17-38)21-13-23(15-25(14-21)40-4)35-27(20-5-8-22(31)9-6-20)28(39)37-12-11-19-7-10-24(16-26(19)37)41-30(32,33)34/h5-10,13-16,27,35,38H,11-12,17H2,1-4H3. The maximum atomic E-state index is 14.1. The van der Waals surface area contributed by atoms with Crippen LogP contribution in [0.4, 0.5) is 24.5 Å². The van der Waals surface area contributed by atoms with Crippen LogP contribution in [0.3, 0.4) is 0 Å². The molecule has 224 valence electrons. The molecule has 0 aliphatic carbocycles. The summed E-state index contributed by atoms with van der Waals surface area (Å²) in [5.74, 6) is -0.313. The van der Waals surface area contributed by atoms with Crippen molar-refractivity contribution in [1.82, 2.24) is 0 Å². The van der Waals surface area contributed by atoms with Gasteiger partial charge in [-0.25, -0.2) is 0 Å². The number of aliphatic hydroxyl groups is 1. The van der Waals surface area contributed by atoms with E-state index in [0.29, 0.717) is 45.4 Å². The molecule has 1 atom stereocenters. The van der Waals surface area contributed by atoms with Gasteiger partial charge in [0.05, 0.1) is 25.1 Å². The number of hydrogen-bond acceptors (Lipinski definition) is 7. The maximum absolute atomic E-state index is 14.1. The second-order valence-corrected chi connectivity index (χ2v) is 10.8. The SMILES string of the molecule is COc1cc(NC(C(=O)N2CCc3ccc(OC(F)(F)F)cc32)c2ccc(Cl)cc2)cc(C(C)=NOC(C)(C)CO)c1. The fourth-order valence-corrected chi connectivity index (χ4v) is 4.46. The molecule has 1 heterocycles. The number of ether oxygens (including phenoxy) is 2. The smallest absolute Gasteiger partial charge is 0.497 e. The first-order chi connectivity index (χ1) is 19.8. The van der Waals surface area contributed by atoms with Gasteiger partial charge >= 0.3 is 6.36 Å². The van der Waals surface area contributed by atoms with E-state index >= 15 is 0 Å². The Labute approximate surface area is 246 Å². The van der Waals surface area contributed by atoms with Gasteiger partial charge in [0, 0.05) is 35.0 Å². The maximum Gasteiger partial charge on any atom is 0.573 e. The molecule has 2 N–H and O–H groups in total. The second kappa shape index (κ2) is 12.5. The summed E-state index contributed by atoms with van der Waals surface area (Å²) in [4.78, 5) is 21.0. The summed E-state index contributed by atoms with van der Waals surface area (Å²) < 4.78 is 48.2. The van der Waals surface area contributed by atoms with E-state index in [-0.39, 0.29) is 19.1 Å². The number of amides is 1. The lowest BCUT2D eigenvalue weighted by atomic mass is 10.0. The lowest BCUT2D eigenvalue weighted by Gasteiger charge is -2.27. The third-order valence-corrected chi connectivity index (χ3v) is 6.84. The molecule has 0 aromatic heterocycles. The third kappa shape index (κ3) is 7.65. The number of alkyl halides is 3. The molecule has 42 heavy (non-hydrogen) atoms. The van der Waals surface area contributed by atoms with E-state index in [0.717, 1.165) is 5.56 Å². The monoisotopic (exact) mass is 605 g/mol. The van der Waals surface area contributed by atoms with Crippen LogP contribution in [0.25, 0.3) is 0 Å². The van der Waals surface area contributed by atoms with Crippen LogP contribution in [0.2, 0.25) is 5.02 Å². The average Bonchev–Trinajstić information content (AvgIpc) is 3.37. The topological polar surface area (TPSA) is 92.6 Å². The molecule has 8 nitrogen and oxygen atoms in total. The molecule has 1 unspecified atom stereocenters. The number of rotatable bonds is 10. The second-order valence-electron chi connectivity index (χ2n) is 10.3. The number of anilines is 2. The molecule has 0 fully saturated rings. The largest absolute Gasteiger partial charge is 0.573 e. The summed E-state index contributed by atoms with van der Waals surface area (Å²) in [6.07, 6.45) is -4.39. The molecule has 0 saturated heterocycles. The lowest BCUT2D eigenvalue weighted by Crippen LogP contribution is -2.37. The fourth-order valence-electron chi connectivity index (χ4n) is 4.33. The molecule has 0 saturated carbocycles. The molecule has 0 radical (unpaired) electrons. The van der Waals surface area contributed by atoms with E-state index in [1.165, 1.54) is 30.2 Å². The predicted octanol–water partition coefficient (Wildman–Crippen LogP) is 6.50. The minimum atomic E-state index is -4.86. The van der Waals surface area contributed by atoms with E-state index in [4.69, 9.17) is 21.2 Å². The van der Waals surface area contributed by atoms with Crippen molar-refractivity contribution in [1.29, 1.82) is 0 Å². The van der Waals surface area contributed by atoms with E-state index in [2.05, 4.69) is 15.2 Å². The number of nitrogens with one attached hydrogen (secondary N) is 1. The predicted molar refractivity (Wildman–Crippen MR) is 154 cm³/mol. The molecule has 3 aromatic carbocycles. The van der Waals surface area contributed by atoms with Gasteiger partial charge in [-0.15, -0.1) is 13.2 Å². The Morgan fingerprint density at radius 3 is 2.45 bits per heavy atom. The quantitative estimate of drug-likeness (QED) is 0.202.